The maximum atomic E-state index is 13.2. The van der Waals surface area contributed by atoms with E-state index in [0.717, 1.165) is 0 Å². The number of nitrogens with zero attached hydrogens (tertiary/aromatic N) is 1. The third-order valence-electron chi connectivity index (χ3n) is 4.45. The van der Waals surface area contributed by atoms with Gasteiger partial charge in [0.15, 0.2) is 0 Å². The number of benzene rings is 1. The Bertz CT molecular complexity index is 867. The monoisotopic (exact) mass is 432 g/mol. The van der Waals surface area contributed by atoms with Crippen LogP contribution in [-0.2, 0) is 29.3 Å². The molecule has 0 aromatic heterocycles. The molecule has 160 valence electrons. The Labute approximate surface area is 169 Å². The van der Waals surface area contributed by atoms with Gasteiger partial charge in [0.25, 0.3) is 0 Å². The smallest absolute Gasteiger partial charge is 0.324 e. The summed E-state index contributed by atoms with van der Waals surface area (Å²) in [6.45, 7) is 8.22. The summed E-state index contributed by atoms with van der Waals surface area (Å²) in [5.41, 5.74) is 0. The minimum absolute atomic E-state index is 0.143. The Morgan fingerprint density at radius 3 is 2.21 bits per heavy atom. The van der Waals surface area contributed by atoms with E-state index in [0.29, 0.717) is 11.3 Å². The van der Waals surface area contributed by atoms with Crippen LogP contribution in [0.1, 0.15) is 41.0 Å². The highest BCUT2D eigenvalue weighted by atomic mass is 32.2. The van der Waals surface area contributed by atoms with Gasteiger partial charge < -0.3 is 4.74 Å². The van der Waals surface area contributed by atoms with Crippen LogP contribution < -0.4 is 4.72 Å². The van der Waals surface area contributed by atoms with Crippen molar-refractivity contribution in [1.29, 1.82) is 0 Å². The Balaban J connectivity index is 3.06. The lowest BCUT2D eigenvalue weighted by molar-refractivity contribution is -0.146. The minimum Gasteiger partial charge on any atom is -0.465 e. The van der Waals surface area contributed by atoms with Crippen molar-refractivity contribution in [3.63, 3.8) is 0 Å². The maximum Gasteiger partial charge on any atom is 0.324 e. The van der Waals surface area contributed by atoms with Crippen molar-refractivity contribution in [2.45, 2.75) is 56.7 Å². The molecule has 1 aromatic carbocycles. The molecule has 1 aromatic rings. The van der Waals surface area contributed by atoms with Crippen molar-refractivity contribution in [2.75, 3.05) is 19.4 Å². The molecular formula is C19H32N2O5S2. The summed E-state index contributed by atoms with van der Waals surface area (Å²) in [6, 6.07) is 7.88. The van der Waals surface area contributed by atoms with E-state index >= 15 is 0 Å². The Morgan fingerprint density at radius 1 is 1.18 bits per heavy atom. The lowest BCUT2D eigenvalue weighted by Gasteiger charge is -2.28. The molecule has 1 rings (SSSR count). The Kier molecular flexibility index (Phi) is 8.64. The summed E-state index contributed by atoms with van der Waals surface area (Å²) in [4.78, 5) is 13.0. The number of rotatable bonds is 9. The van der Waals surface area contributed by atoms with E-state index in [9.17, 15) is 17.4 Å². The summed E-state index contributed by atoms with van der Waals surface area (Å²) in [7, 11) is -4.91. The molecule has 0 spiro atoms. The van der Waals surface area contributed by atoms with Crippen molar-refractivity contribution in [1.82, 2.24) is 4.72 Å². The molecule has 0 amide bonds. The average Bonchev–Trinajstić information content (AvgIpc) is 2.64. The van der Waals surface area contributed by atoms with Crippen LogP contribution in [-0.4, -0.2) is 48.8 Å². The quantitative estimate of drug-likeness (QED) is 0.605. The van der Waals surface area contributed by atoms with Gasteiger partial charge in [-0.3, -0.25) is 4.79 Å². The number of hydrogen-bond donors (Lipinski definition) is 1. The molecule has 28 heavy (non-hydrogen) atoms. The zero-order valence-corrected chi connectivity index (χ0v) is 19.1. The first-order valence-corrected chi connectivity index (χ1v) is 12.4. The molecule has 0 heterocycles. The zero-order valence-electron chi connectivity index (χ0n) is 17.5. The molecule has 0 saturated heterocycles. The fourth-order valence-corrected chi connectivity index (χ4v) is 5.35. The van der Waals surface area contributed by atoms with Crippen LogP contribution in [0.3, 0.4) is 0 Å². The van der Waals surface area contributed by atoms with E-state index in [4.69, 9.17) is 4.74 Å². The minimum atomic E-state index is -3.76. The van der Waals surface area contributed by atoms with Gasteiger partial charge in [0.1, 0.15) is 6.04 Å². The number of carbonyl (C=O) groups is 1. The number of carbonyl (C=O) groups excluding carboxylic acids is 1. The van der Waals surface area contributed by atoms with Gasteiger partial charge in [-0.15, -0.1) is 0 Å². The summed E-state index contributed by atoms with van der Waals surface area (Å²) >= 11 is 0. The molecule has 0 fully saturated rings. The van der Waals surface area contributed by atoms with Crippen molar-refractivity contribution < 1.29 is 22.2 Å². The third-order valence-corrected chi connectivity index (χ3v) is 9.02. The van der Waals surface area contributed by atoms with Gasteiger partial charge in [-0.05, 0) is 52.2 Å². The molecule has 1 N–H and O–H groups in total. The van der Waals surface area contributed by atoms with Crippen molar-refractivity contribution in [3.05, 3.63) is 30.3 Å². The van der Waals surface area contributed by atoms with E-state index < -0.39 is 42.4 Å². The summed E-state index contributed by atoms with van der Waals surface area (Å²) < 4.78 is 48.9. The number of hydrogen-bond acceptors (Lipinski definition) is 6. The van der Waals surface area contributed by atoms with E-state index in [1.807, 2.05) is 6.07 Å². The first-order chi connectivity index (χ1) is 12.9. The van der Waals surface area contributed by atoms with Crippen LogP contribution in [0.4, 0.5) is 0 Å². The first-order valence-electron chi connectivity index (χ1n) is 9.24. The summed E-state index contributed by atoms with van der Waals surface area (Å²) in [5, 5.41) is 0. The number of ether oxygens (including phenoxy) is 1. The Hall–Kier alpha value is -1.45. The van der Waals surface area contributed by atoms with Crippen molar-refractivity contribution in [2.24, 2.45) is 10.3 Å². The normalized spacial score (nSPS) is 16.6. The predicted molar refractivity (Wildman–Crippen MR) is 112 cm³/mol. The third kappa shape index (κ3) is 6.28. The molecule has 0 saturated carbocycles. The second-order valence-electron chi connectivity index (χ2n) is 7.57. The molecule has 0 aliphatic carbocycles. The van der Waals surface area contributed by atoms with Crippen molar-refractivity contribution in [3.8, 4) is 0 Å². The second-order valence-corrected chi connectivity index (χ2v) is 12.6. The standard InChI is InChI=1S/C19H32N2O5S2/c1-7-26-18(22)17(21-28(24,25)19(3,4)5)15(2)13-14-27(23,20-6)16-11-9-8-10-12-16/h8-12,15,17,21H,7,13-14H2,1-6H3/t15-,17+,27-/m1/s1. The van der Waals surface area contributed by atoms with Gasteiger partial charge in [0.2, 0.25) is 10.0 Å². The van der Waals surface area contributed by atoms with Crippen LogP contribution in [0.5, 0.6) is 0 Å². The Morgan fingerprint density at radius 2 is 1.75 bits per heavy atom. The molecule has 0 aliphatic rings. The van der Waals surface area contributed by atoms with Gasteiger partial charge in [-0.2, -0.15) is 0 Å². The number of esters is 1. The van der Waals surface area contributed by atoms with E-state index in [1.54, 1.807) is 58.9 Å². The highest BCUT2D eigenvalue weighted by Gasteiger charge is 2.37. The van der Waals surface area contributed by atoms with Crippen LogP contribution in [0.15, 0.2) is 39.6 Å². The topological polar surface area (TPSA) is 102 Å². The van der Waals surface area contributed by atoms with Gasteiger partial charge >= 0.3 is 5.97 Å². The number of sulfonamides is 1. The highest BCUT2D eigenvalue weighted by molar-refractivity contribution is 7.93. The maximum absolute atomic E-state index is 13.2. The summed E-state index contributed by atoms with van der Waals surface area (Å²) in [6.07, 6.45) is 0.335. The molecule has 3 atom stereocenters. The number of nitrogens with one attached hydrogen (secondary N) is 1. The van der Waals surface area contributed by atoms with E-state index in [2.05, 4.69) is 9.08 Å². The van der Waals surface area contributed by atoms with Crippen LogP contribution in [0.25, 0.3) is 0 Å². The average molecular weight is 433 g/mol. The second kappa shape index (κ2) is 9.84. The van der Waals surface area contributed by atoms with Gasteiger partial charge in [0.05, 0.1) is 21.1 Å². The lowest BCUT2D eigenvalue weighted by Crippen LogP contribution is -2.51. The van der Waals surface area contributed by atoms with E-state index in [-0.39, 0.29) is 12.4 Å². The van der Waals surface area contributed by atoms with Crippen LogP contribution >= 0.6 is 0 Å². The largest absolute Gasteiger partial charge is 0.465 e. The first kappa shape index (κ1) is 24.6. The van der Waals surface area contributed by atoms with Gasteiger partial charge in [0, 0.05) is 17.7 Å². The molecule has 0 unspecified atom stereocenters. The van der Waals surface area contributed by atoms with Gasteiger partial charge in [-0.25, -0.2) is 21.7 Å². The van der Waals surface area contributed by atoms with Gasteiger partial charge in [-0.1, -0.05) is 25.1 Å². The highest BCUT2D eigenvalue weighted by Crippen LogP contribution is 2.21. The SMILES string of the molecule is CCOC(=O)[C@@H](NS(=O)(=O)C(C)(C)C)[C@H](C)CC[S@](=O)(=NC)c1ccccc1. The predicted octanol–water partition coefficient (Wildman–Crippen LogP) is 2.82. The van der Waals surface area contributed by atoms with Crippen LogP contribution in [0.2, 0.25) is 0 Å². The molecule has 0 bridgehead atoms. The van der Waals surface area contributed by atoms with E-state index in [1.165, 1.54) is 7.05 Å². The summed E-state index contributed by atoms with van der Waals surface area (Å²) in [5.74, 6) is -0.855. The molecule has 7 nitrogen and oxygen atoms in total. The fourth-order valence-electron chi connectivity index (χ4n) is 2.43. The molecule has 0 aliphatic heterocycles. The van der Waals surface area contributed by atoms with Crippen LogP contribution in [0, 0.1) is 5.92 Å². The lowest BCUT2D eigenvalue weighted by atomic mass is 10.0. The molecule has 0 radical (unpaired) electrons. The fraction of sp³-hybridized carbons (Fsp3) is 0.632. The molecular weight excluding hydrogens is 400 g/mol. The zero-order chi connectivity index (χ0) is 21.6. The molecule has 9 heteroatoms. The van der Waals surface area contributed by atoms with Crippen molar-refractivity contribution >= 4 is 25.7 Å².